The molecule has 2 rings (SSSR count). The van der Waals surface area contributed by atoms with Gasteiger partial charge in [0, 0.05) is 36.4 Å². The van der Waals surface area contributed by atoms with Crippen molar-refractivity contribution >= 4 is 17.3 Å². The minimum Gasteiger partial charge on any atom is -0.370 e. The molecule has 1 saturated heterocycles. The van der Waals surface area contributed by atoms with Crippen LogP contribution in [0.15, 0.2) is 18.2 Å². The van der Waals surface area contributed by atoms with Crippen LogP contribution in [0.25, 0.3) is 0 Å². The number of benzene rings is 1. The molecule has 1 fully saturated rings. The van der Waals surface area contributed by atoms with E-state index in [0.29, 0.717) is 6.04 Å². The lowest BCUT2D eigenvalue weighted by Gasteiger charge is -2.24. The number of anilines is 1. The number of nitrogens with one attached hydrogen (secondary N) is 1. The van der Waals surface area contributed by atoms with Gasteiger partial charge in [-0.15, -0.1) is 0 Å². The van der Waals surface area contributed by atoms with Crippen LogP contribution in [0, 0.1) is 0 Å². The molecule has 0 radical (unpaired) electrons. The average Bonchev–Trinajstić information content (AvgIpc) is 2.63. The van der Waals surface area contributed by atoms with Gasteiger partial charge in [0.05, 0.1) is 0 Å². The maximum Gasteiger partial charge on any atom is 0.0474 e. The average molecular weight is 296 g/mol. The molecule has 1 aromatic rings. The molecule has 1 aliphatic heterocycles. The van der Waals surface area contributed by atoms with Crippen molar-refractivity contribution in [2.24, 2.45) is 0 Å². The molecule has 3 nitrogen and oxygen atoms in total. The van der Waals surface area contributed by atoms with Gasteiger partial charge in [-0.3, -0.25) is 0 Å². The van der Waals surface area contributed by atoms with Gasteiger partial charge in [0.15, 0.2) is 0 Å². The van der Waals surface area contributed by atoms with E-state index in [1.165, 1.54) is 24.2 Å². The summed E-state index contributed by atoms with van der Waals surface area (Å²) in [4.78, 5) is 4.83. The molecule has 0 amide bonds. The molecule has 0 aromatic heterocycles. The molecule has 1 atom stereocenters. The van der Waals surface area contributed by atoms with Gasteiger partial charge < -0.3 is 15.1 Å². The van der Waals surface area contributed by atoms with Crippen LogP contribution in [0.1, 0.15) is 31.9 Å². The predicted molar refractivity (Wildman–Crippen MR) is 87.9 cm³/mol. The van der Waals surface area contributed by atoms with Crippen molar-refractivity contribution < 1.29 is 0 Å². The largest absolute Gasteiger partial charge is 0.370 e. The zero-order valence-electron chi connectivity index (χ0n) is 12.8. The van der Waals surface area contributed by atoms with Crippen molar-refractivity contribution in [3.05, 3.63) is 28.8 Å². The van der Waals surface area contributed by atoms with Gasteiger partial charge in [0.25, 0.3) is 0 Å². The van der Waals surface area contributed by atoms with Crippen LogP contribution < -0.4 is 10.2 Å². The second kappa shape index (κ2) is 7.30. The quantitative estimate of drug-likeness (QED) is 0.920. The van der Waals surface area contributed by atoms with Crippen molar-refractivity contribution in [3.63, 3.8) is 0 Å². The Bertz CT molecular complexity index is 436. The number of likely N-dealkylation sites (N-methyl/N-ethyl adjacent to an activating group) is 1. The minimum atomic E-state index is 0.303. The van der Waals surface area contributed by atoms with Crippen molar-refractivity contribution in [2.45, 2.75) is 26.3 Å². The van der Waals surface area contributed by atoms with E-state index in [1.54, 1.807) is 0 Å². The van der Waals surface area contributed by atoms with Crippen LogP contribution in [-0.4, -0.2) is 44.7 Å². The molecule has 0 spiro atoms. The van der Waals surface area contributed by atoms with Crippen LogP contribution in [-0.2, 0) is 0 Å². The van der Waals surface area contributed by atoms with E-state index in [-0.39, 0.29) is 0 Å². The molecule has 0 saturated carbocycles. The monoisotopic (exact) mass is 295 g/mol. The van der Waals surface area contributed by atoms with E-state index in [9.17, 15) is 0 Å². The maximum atomic E-state index is 6.47. The number of rotatable bonds is 4. The summed E-state index contributed by atoms with van der Waals surface area (Å²) >= 11 is 6.47. The van der Waals surface area contributed by atoms with E-state index in [2.05, 4.69) is 54.2 Å². The molecule has 1 heterocycles. The van der Waals surface area contributed by atoms with E-state index in [0.717, 1.165) is 31.2 Å². The molecule has 1 aromatic carbocycles. The van der Waals surface area contributed by atoms with E-state index >= 15 is 0 Å². The Kier molecular flexibility index (Phi) is 5.70. The number of hydrogen-bond donors (Lipinski definition) is 1. The third kappa shape index (κ3) is 3.87. The first-order chi connectivity index (χ1) is 9.61. The van der Waals surface area contributed by atoms with E-state index < -0.39 is 0 Å². The van der Waals surface area contributed by atoms with E-state index in [1.807, 2.05) is 0 Å². The fourth-order valence-corrected chi connectivity index (χ4v) is 3.12. The van der Waals surface area contributed by atoms with Crippen LogP contribution in [0.2, 0.25) is 5.02 Å². The second-order valence-corrected chi connectivity index (χ2v) is 6.04. The van der Waals surface area contributed by atoms with Crippen molar-refractivity contribution in [2.75, 3.05) is 44.7 Å². The van der Waals surface area contributed by atoms with Crippen LogP contribution >= 0.6 is 11.6 Å². The van der Waals surface area contributed by atoms with Gasteiger partial charge in [0.1, 0.15) is 0 Å². The van der Waals surface area contributed by atoms with Crippen molar-refractivity contribution in [1.29, 1.82) is 0 Å². The first kappa shape index (κ1) is 15.6. The molecule has 20 heavy (non-hydrogen) atoms. The summed E-state index contributed by atoms with van der Waals surface area (Å²) in [5.74, 6) is 0. The minimum absolute atomic E-state index is 0.303. The summed E-state index contributed by atoms with van der Waals surface area (Å²) < 4.78 is 0. The zero-order valence-corrected chi connectivity index (χ0v) is 13.6. The lowest BCUT2D eigenvalue weighted by atomic mass is 10.1. The first-order valence-electron chi connectivity index (χ1n) is 7.58. The normalized spacial score (nSPS) is 18.9. The Morgan fingerprint density at radius 1 is 1.25 bits per heavy atom. The van der Waals surface area contributed by atoms with Gasteiger partial charge in [-0.1, -0.05) is 24.6 Å². The lowest BCUT2D eigenvalue weighted by Crippen LogP contribution is -2.28. The molecule has 0 aliphatic carbocycles. The SMILES string of the molecule is CCNC(C)c1ccc(N2CCCN(C)CC2)cc1Cl. The van der Waals surface area contributed by atoms with Crippen LogP contribution in [0.5, 0.6) is 0 Å². The number of halogens is 1. The summed E-state index contributed by atoms with van der Waals surface area (Å²) in [6.07, 6.45) is 1.21. The van der Waals surface area contributed by atoms with Crippen molar-refractivity contribution in [3.8, 4) is 0 Å². The molecule has 0 bridgehead atoms. The van der Waals surface area contributed by atoms with Crippen LogP contribution in [0.4, 0.5) is 5.69 Å². The Morgan fingerprint density at radius 2 is 2.05 bits per heavy atom. The topological polar surface area (TPSA) is 18.5 Å². The van der Waals surface area contributed by atoms with Crippen molar-refractivity contribution in [1.82, 2.24) is 10.2 Å². The van der Waals surface area contributed by atoms with Gasteiger partial charge in [0.2, 0.25) is 0 Å². The summed E-state index contributed by atoms with van der Waals surface area (Å²) in [6, 6.07) is 6.80. The molecule has 1 aliphatic rings. The molecular formula is C16H26ClN3. The highest BCUT2D eigenvalue weighted by atomic mass is 35.5. The number of nitrogens with zero attached hydrogens (tertiary/aromatic N) is 2. The Labute approximate surface area is 127 Å². The predicted octanol–water partition coefficient (Wildman–Crippen LogP) is 3.15. The molecule has 4 heteroatoms. The Hall–Kier alpha value is -0.770. The van der Waals surface area contributed by atoms with Gasteiger partial charge in [-0.05, 0) is 51.2 Å². The van der Waals surface area contributed by atoms with Gasteiger partial charge in [-0.2, -0.15) is 0 Å². The van der Waals surface area contributed by atoms with Gasteiger partial charge in [-0.25, -0.2) is 0 Å². The summed E-state index contributed by atoms with van der Waals surface area (Å²) in [5.41, 5.74) is 2.43. The fraction of sp³-hybridized carbons (Fsp3) is 0.625. The fourth-order valence-electron chi connectivity index (χ4n) is 2.78. The molecule has 1 unspecified atom stereocenters. The molecular weight excluding hydrogens is 270 g/mol. The maximum absolute atomic E-state index is 6.47. The second-order valence-electron chi connectivity index (χ2n) is 5.63. The van der Waals surface area contributed by atoms with Gasteiger partial charge >= 0.3 is 0 Å². The third-order valence-electron chi connectivity index (χ3n) is 4.05. The first-order valence-corrected chi connectivity index (χ1v) is 7.96. The molecule has 112 valence electrons. The Balaban J connectivity index is 2.11. The highest BCUT2D eigenvalue weighted by Gasteiger charge is 2.15. The smallest absolute Gasteiger partial charge is 0.0474 e. The Morgan fingerprint density at radius 3 is 2.75 bits per heavy atom. The number of hydrogen-bond acceptors (Lipinski definition) is 3. The standard InChI is InChI=1S/C16H26ClN3/c1-4-18-13(2)15-7-6-14(12-16(15)17)20-9-5-8-19(3)10-11-20/h6-7,12-13,18H,4-5,8-11H2,1-3H3. The van der Waals surface area contributed by atoms with E-state index in [4.69, 9.17) is 11.6 Å². The molecule has 1 N–H and O–H groups in total. The summed E-state index contributed by atoms with van der Waals surface area (Å²) in [6.45, 7) is 9.72. The summed E-state index contributed by atoms with van der Waals surface area (Å²) in [7, 11) is 2.19. The van der Waals surface area contributed by atoms with Crippen LogP contribution in [0.3, 0.4) is 0 Å². The highest BCUT2D eigenvalue weighted by Crippen LogP contribution is 2.28. The summed E-state index contributed by atoms with van der Waals surface area (Å²) in [5, 5.41) is 4.28. The lowest BCUT2D eigenvalue weighted by molar-refractivity contribution is 0.360. The third-order valence-corrected chi connectivity index (χ3v) is 4.37. The zero-order chi connectivity index (χ0) is 14.5. The highest BCUT2D eigenvalue weighted by molar-refractivity contribution is 6.31.